The van der Waals surface area contributed by atoms with Crippen molar-refractivity contribution < 1.29 is 17.9 Å². The molecule has 0 unspecified atom stereocenters. The van der Waals surface area contributed by atoms with Crippen molar-refractivity contribution in [2.24, 2.45) is 0 Å². The van der Waals surface area contributed by atoms with Crippen molar-refractivity contribution in [1.29, 1.82) is 0 Å². The van der Waals surface area contributed by atoms with Gasteiger partial charge in [-0.3, -0.25) is 0 Å². The molecule has 2 aromatic carbocycles. The van der Waals surface area contributed by atoms with E-state index in [1.54, 1.807) is 12.1 Å². The molecular weight excluding hydrogens is 398 g/mol. The maximum absolute atomic E-state index is 12.8. The van der Waals surface area contributed by atoms with E-state index in [0.717, 1.165) is 18.4 Å². The van der Waals surface area contributed by atoms with Crippen molar-refractivity contribution in [3.8, 4) is 0 Å². The van der Waals surface area contributed by atoms with E-state index in [-0.39, 0.29) is 16.9 Å². The van der Waals surface area contributed by atoms with Gasteiger partial charge in [0.05, 0.1) is 18.0 Å². The second-order valence-corrected chi connectivity index (χ2v) is 9.45. The van der Waals surface area contributed by atoms with E-state index in [0.29, 0.717) is 6.42 Å². The highest BCUT2D eigenvalue weighted by Gasteiger charge is 2.34. The fraction of sp³-hybridized carbons (Fsp3) is 0.292. The highest BCUT2D eigenvalue weighted by Crippen LogP contribution is 2.32. The third-order valence-corrected chi connectivity index (χ3v) is 6.88. The van der Waals surface area contributed by atoms with Crippen LogP contribution >= 0.6 is 0 Å². The molecule has 1 fully saturated rings. The fourth-order valence-corrected chi connectivity index (χ4v) is 5.06. The first kappa shape index (κ1) is 20.7. The lowest BCUT2D eigenvalue weighted by molar-refractivity contribution is -0.243. The first-order valence-corrected chi connectivity index (χ1v) is 11.8. The van der Waals surface area contributed by atoms with Gasteiger partial charge in [-0.15, -0.1) is 0 Å². The number of benzene rings is 2. The van der Waals surface area contributed by atoms with Crippen molar-refractivity contribution in [2.75, 3.05) is 5.75 Å². The van der Waals surface area contributed by atoms with Gasteiger partial charge in [0.1, 0.15) is 0 Å². The summed E-state index contributed by atoms with van der Waals surface area (Å²) >= 11 is 0. The van der Waals surface area contributed by atoms with Gasteiger partial charge in [0.25, 0.3) is 0 Å². The minimum Gasteiger partial charge on any atom is -0.345 e. The molecular formula is C24H25NO4S. The van der Waals surface area contributed by atoms with Gasteiger partial charge < -0.3 is 9.47 Å². The van der Waals surface area contributed by atoms with E-state index in [1.165, 1.54) is 17.8 Å². The molecule has 0 bridgehead atoms. The molecule has 0 spiro atoms. The number of hydrogen-bond acceptors (Lipinski definition) is 5. The minimum absolute atomic E-state index is 0.0807. The molecule has 1 aromatic heterocycles. The van der Waals surface area contributed by atoms with Crippen LogP contribution in [-0.2, 0) is 25.7 Å². The second-order valence-electron chi connectivity index (χ2n) is 7.47. The molecule has 1 aliphatic heterocycles. The number of aryl methyl sites for hydroxylation is 1. The average Bonchev–Trinajstić information content (AvgIpc) is 2.79. The molecule has 1 aliphatic rings. The smallest absolute Gasteiger partial charge is 0.198 e. The molecule has 5 nitrogen and oxygen atoms in total. The van der Waals surface area contributed by atoms with Crippen LogP contribution in [0.15, 0.2) is 90.1 Å². The molecule has 0 saturated carbocycles. The Bertz CT molecular complexity index is 1030. The van der Waals surface area contributed by atoms with Crippen LogP contribution in [0.5, 0.6) is 0 Å². The molecule has 1 saturated heterocycles. The summed E-state index contributed by atoms with van der Waals surface area (Å²) in [6.45, 7) is 0. The molecule has 0 aliphatic carbocycles. The lowest BCUT2D eigenvalue weighted by Gasteiger charge is -2.36. The Hall–Kier alpha value is -2.54. The van der Waals surface area contributed by atoms with E-state index >= 15 is 0 Å². The minimum atomic E-state index is -3.55. The molecule has 30 heavy (non-hydrogen) atoms. The van der Waals surface area contributed by atoms with Crippen LogP contribution in [0.25, 0.3) is 0 Å². The van der Waals surface area contributed by atoms with E-state index in [9.17, 15) is 8.42 Å². The van der Waals surface area contributed by atoms with E-state index in [2.05, 4.69) is 17.1 Å². The largest absolute Gasteiger partial charge is 0.345 e. The number of sulfone groups is 1. The van der Waals surface area contributed by atoms with Gasteiger partial charge in [-0.05, 0) is 30.5 Å². The Morgan fingerprint density at radius 3 is 2.20 bits per heavy atom. The van der Waals surface area contributed by atoms with Crippen LogP contribution in [-0.4, -0.2) is 31.4 Å². The van der Waals surface area contributed by atoms with Crippen LogP contribution in [0.3, 0.4) is 0 Å². The Balaban J connectivity index is 1.50. The maximum atomic E-state index is 12.8. The van der Waals surface area contributed by atoms with Crippen molar-refractivity contribution in [2.45, 2.75) is 42.8 Å². The lowest BCUT2D eigenvalue weighted by atomic mass is 10.0. The average molecular weight is 424 g/mol. The molecule has 6 heteroatoms. The molecule has 3 aromatic rings. The highest BCUT2D eigenvalue weighted by molar-refractivity contribution is 7.91. The topological polar surface area (TPSA) is 65.5 Å². The highest BCUT2D eigenvalue weighted by atomic mass is 32.2. The third-order valence-electron chi connectivity index (χ3n) is 5.19. The summed E-state index contributed by atoms with van der Waals surface area (Å²) in [5.74, 6) is -0.113. The zero-order valence-electron chi connectivity index (χ0n) is 16.6. The van der Waals surface area contributed by atoms with Crippen molar-refractivity contribution in [3.05, 3.63) is 96.2 Å². The fourth-order valence-electron chi connectivity index (χ4n) is 3.68. The maximum Gasteiger partial charge on any atom is 0.198 e. The molecule has 2 heterocycles. The normalized spacial score (nSPS) is 21.9. The van der Waals surface area contributed by atoms with Gasteiger partial charge in [0, 0.05) is 18.2 Å². The second kappa shape index (κ2) is 9.51. The Morgan fingerprint density at radius 2 is 1.50 bits per heavy atom. The first-order chi connectivity index (χ1) is 14.6. The Labute approximate surface area is 177 Å². The van der Waals surface area contributed by atoms with Crippen molar-refractivity contribution in [1.82, 2.24) is 4.98 Å². The summed E-state index contributed by atoms with van der Waals surface area (Å²) in [6.07, 6.45) is 2.56. The summed E-state index contributed by atoms with van der Waals surface area (Å²) in [5.41, 5.74) is 2.13. The quantitative estimate of drug-likeness (QED) is 0.565. The van der Waals surface area contributed by atoms with Crippen LogP contribution < -0.4 is 0 Å². The standard InChI is InChI=1S/C24H25NO4S/c26-30(27,23-13-7-8-16-25-23)18-22-17-21(15-14-19-9-3-1-4-10-19)28-24(29-22)20-11-5-2-6-12-20/h1-13,16,21-22,24H,14-15,17-18H2/t21-,22-,24-/m1/s1. The van der Waals surface area contributed by atoms with Gasteiger partial charge in [-0.2, -0.15) is 0 Å². The van der Waals surface area contributed by atoms with E-state index < -0.39 is 22.2 Å². The van der Waals surface area contributed by atoms with Gasteiger partial charge in [-0.1, -0.05) is 66.7 Å². The van der Waals surface area contributed by atoms with Gasteiger partial charge >= 0.3 is 0 Å². The number of rotatable bonds is 7. The summed E-state index contributed by atoms with van der Waals surface area (Å²) in [4.78, 5) is 4.01. The number of nitrogens with zero attached hydrogens (tertiary/aromatic N) is 1. The SMILES string of the molecule is O=S(=O)(C[C@H]1C[C@@H](CCc2ccccc2)O[C@@H](c2ccccc2)O1)c1ccccn1. The predicted octanol–water partition coefficient (Wildman–Crippen LogP) is 4.36. The summed E-state index contributed by atoms with van der Waals surface area (Å²) < 4.78 is 38.0. The van der Waals surface area contributed by atoms with E-state index in [1.807, 2.05) is 48.5 Å². The molecule has 0 amide bonds. The molecule has 0 radical (unpaired) electrons. The van der Waals surface area contributed by atoms with Crippen LogP contribution in [0, 0.1) is 0 Å². The van der Waals surface area contributed by atoms with Crippen molar-refractivity contribution >= 4 is 9.84 Å². The molecule has 0 N–H and O–H groups in total. The van der Waals surface area contributed by atoms with Gasteiger partial charge in [-0.25, -0.2) is 13.4 Å². The van der Waals surface area contributed by atoms with E-state index in [4.69, 9.17) is 9.47 Å². The molecule has 3 atom stereocenters. The van der Waals surface area contributed by atoms with Crippen molar-refractivity contribution in [3.63, 3.8) is 0 Å². The summed E-state index contributed by atoms with van der Waals surface area (Å²) in [5, 5.41) is 0.0807. The Morgan fingerprint density at radius 1 is 0.833 bits per heavy atom. The van der Waals surface area contributed by atoms with Crippen LogP contribution in [0.4, 0.5) is 0 Å². The number of ether oxygens (including phenoxy) is 2. The number of hydrogen-bond donors (Lipinski definition) is 0. The monoisotopic (exact) mass is 423 g/mol. The Kier molecular flexibility index (Phi) is 6.57. The number of pyridine rings is 1. The summed E-state index contributed by atoms with van der Waals surface area (Å²) in [7, 11) is -3.55. The predicted molar refractivity (Wildman–Crippen MR) is 115 cm³/mol. The van der Waals surface area contributed by atoms with Crippen LogP contribution in [0.1, 0.15) is 30.3 Å². The molecule has 4 rings (SSSR count). The van der Waals surface area contributed by atoms with Gasteiger partial charge in [0.15, 0.2) is 21.2 Å². The summed E-state index contributed by atoms with van der Waals surface area (Å²) in [6, 6.07) is 24.8. The zero-order chi connectivity index (χ0) is 20.8. The van der Waals surface area contributed by atoms with Crippen LogP contribution in [0.2, 0.25) is 0 Å². The molecule has 156 valence electrons. The lowest BCUT2D eigenvalue weighted by Crippen LogP contribution is -2.38. The zero-order valence-corrected chi connectivity index (χ0v) is 17.4. The first-order valence-electron chi connectivity index (χ1n) is 10.1. The van der Waals surface area contributed by atoms with Gasteiger partial charge in [0.2, 0.25) is 0 Å². The third kappa shape index (κ3) is 5.33. The number of aromatic nitrogens is 1.